The minimum absolute atomic E-state index is 0.250. The SMILES string of the molecule is O=C1CCN(Cc2ccc(F)cc2)C(=O)N1. The molecule has 0 atom stereocenters. The summed E-state index contributed by atoms with van der Waals surface area (Å²) in [6, 6.07) is 5.56. The molecule has 1 aromatic rings. The van der Waals surface area contributed by atoms with Gasteiger partial charge in [-0.15, -0.1) is 0 Å². The van der Waals surface area contributed by atoms with Gasteiger partial charge in [0.2, 0.25) is 5.91 Å². The maximum atomic E-state index is 12.7. The summed E-state index contributed by atoms with van der Waals surface area (Å²) in [6.45, 7) is 0.793. The van der Waals surface area contributed by atoms with Crippen LogP contribution in [0.25, 0.3) is 0 Å². The van der Waals surface area contributed by atoms with E-state index in [1.54, 1.807) is 12.1 Å². The second kappa shape index (κ2) is 4.30. The van der Waals surface area contributed by atoms with Crippen molar-refractivity contribution in [1.82, 2.24) is 10.2 Å². The number of carbonyl (C=O) groups is 2. The van der Waals surface area contributed by atoms with E-state index in [2.05, 4.69) is 5.32 Å². The number of imide groups is 1. The zero-order valence-corrected chi connectivity index (χ0v) is 8.57. The van der Waals surface area contributed by atoms with Crippen LogP contribution in [0.3, 0.4) is 0 Å². The van der Waals surface area contributed by atoms with E-state index in [1.165, 1.54) is 17.0 Å². The molecule has 1 heterocycles. The quantitative estimate of drug-likeness (QED) is 0.819. The van der Waals surface area contributed by atoms with Crippen molar-refractivity contribution in [2.24, 2.45) is 0 Å². The third-order valence-electron chi connectivity index (χ3n) is 2.43. The summed E-state index contributed by atoms with van der Waals surface area (Å²) in [6.07, 6.45) is 0.312. The van der Waals surface area contributed by atoms with E-state index >= 15 is 0 Å². The van der Waals surface area contributed by atoms with Gasteiger partial charge in [0.15, 0.2) is 0 Å². The molecule has 1 N–H and O–H groups in total. The first-order valence-electron chi connectivity index (χ1n) is 4.98. The molecular formula is C11H11FN2O2. The molecule has 1 aromatic carbocycles. The second-order valence-corrected chi connectivity index (χ2v) is 3.65. The van der Waals surface area contributed by atoms with Gasteiger partial charge in [0.05, 0.1) is 0 Å². The van der Waals surface area contributed by atoms with E-state index in [0.29, 0.717) is 19.5 Å². The van der Waals surface area contributed by atoms with E-state index in [4.69, 9.17) is 0 Å². The first-order valence-corrected chi connectivity index (χ1v) is 4.98. The Morgan fingerprint density at radius 2 is 1.94 bits per heavy atom. The van der Waals surface area contributed by atoms with Gasteiger partial charge in [-0.05, 0) is 17.7 Å². The Bertz CT molecular complexity index is 416. The number of nitrogens with one attached hydrogen (secondary N) is 1. The Morgan fingerprint density at radius 1 is 1.25 bits per heavy atom. The van der Waals surface area contributed by atoms with E-state index in [-0.39, 0.29) is 17.8 Å². The lowest BCUT2D eigenvalue weighted by molar-refractivity contribution is -0.121. The summed E-state index contributed by atoms with van der Waals surface area (Å²) in [7, 11) is 0. The summed E-state index contributed by atoms with van der Waals surface area (Å²) in [5, 5.41) is 2.23. The Labute approximate surface area is 92.0 Å². The van der Waals surface area contributed by atoms with Crippen molar-refractivity contribution in [1.29, 1.82) is 0 Å². The predicted octanol–water partition coefficient (Wildman–Crippen LogP) is 1.27. The highest BCUT2D eigenvalue weighted by molar-refractivity contribution is 5.96. The average Bonchev–Trinajstić information content (AvgIpc) is 2.25. The Hall–Kier alpha value is -1.91. The van der Waals surface area contributed by atoms with Gasteiger partial charge in [0, 0.05) is 19.5 Å². The number of hydrogen-bond donors (Lipinski definition) is 1. The maximum Gasteiger partial charge on any atom is 0.324 e. The van der Waals surface area contributed by atoms with Crippen molar-refractivity contribution in [2.75, 3.05) is 6.54 Å². The Balaban J connectivity index is 2.02. The molecule has 1 aliphatic rings. The topological polar surface area (TPSA) is 49.4 Å². The van der Waals surface area contributed by atoms with Crippen molar-refractivity contribution < 1.29 is 14.0 Å². The molecular weight excluding hydrogens is 211 g/mol. The van der Waals surface area contributed by atoms with Crippen molar-refractivity contribution in [3.8, 4) is 0 Å². The standard InChI is InChI=1S/C11H11FN2O2/c12-9-3-1-8(2-4-9)7-14-6-5-10(15)13-11(14)16/h1-4H,5-7H2,(H,13,15,16). The van der Waals surface area contributed by atoms with Crippen molar-refractivity contribution >= 4 is 11.9 Å². The van der Waals surface area contributed by atoms with Crippen LogP contribution in [0.5, 0.6) is 0 Å². The van der Waals surface area contributed by atoms with Crippen LogP contribution in [-0.4, -0.2) is 23.4 Å². The largest absolute Gasteiger partial charge is 0.324 e. The molecule has 1 fully saturated rings. The molecule has 0 aromatic heterocycles. The zero-order chi connectivity index (χ0) is 11.5. The van der Waals surface area contributed by atoms with Crippen molar-refractivity contribution in [2.45, 2.75) is 13.0 Å². The fourth-order valence-corrected chi connectivity index (χ4v) is 1.56. The average molecular weight is 222 g/mol. The van der Waals surface area contributed by atoms with E-state index in [9.17, 15) is 14.0 Å². The van der Waals surface area contributed by atoms with E-state index < -0.39 is 0 Å². The van der Waals surface area contributed by atoms with E-state index in [1.807, 2.05) is 0 Å². The van der Waals surface area contributed by atoms with Gasteiger partial charge in [0.1, 0.15) is 5.82 Å². The lowest BCUT2D eigenvalue weighted by Gasteiger charge is -2.26. The normalized spacial score (nSPS) is 16.2. The van der Waals surface area contributed by atoms with E-state index in [0.717, 1.165) is 5.56 Å². The van der Waals surface area contributed by atoms with Crippen LogP contribution in [-0.2, 0) is 11.3 Å². The molecule has 0 saturated carbocycles. The molecule has 1 aliphatic heterocycles. The molecule has 0 bridgehead atoms. The van der Waals surface area contributed by atoms with Gasteiger partial charge in [-0.1, -0.05) is 12.1 Å². The fourth-order valence-electron chi connectivity index (χ4n) is 1.56. The molecule has 1 saturated heterocycles. The third-order valence-corrected chi connectivity index (χ3v) is 2.43. The number of halogens is 1. The molecule has 4 nitrogen and oxygen atoms in total. The molecule has 16 heavy (non-hydrogen) atoms. The Kier molecular flexibility index (Phi) is 2.85. The number of amides is 3. The minimum atomic E-state index is -0.388. The number of nitrogens with zero attached hydrogens (tertiary/aromatic N) is 1. The highest BCUT2D eigenvalue weighted by Gasteiger charge is 2.22. The van der Waals surface area contributed by atoms with Crippen molar-refractivity contribution in [3.05, 3.63) is 35.6 Å². The fraction of sp³-hybridized carbons (Fsp3) is 0.273. The molecule has 84 valence electrons. The smallest absolute Gasteiger partial charge is 0.320 e. The van der Waals surface area contributed by atoms with Crippen LogP contribution in [0.1, 0.15) is 12.0 Å². The molecule has 0 unspecified atom stereocenters. The lowest BCUT2D eigenvalue weighted by Crippen LogP contribution is -2.48. The first-order chi connectivity index (χ1) is 7.65. The summed E-state index contributed by atoms with van der Waals surface area (Å²) >= 11 is 0. The van der Waals surface area contributed by atoms with Crippen LogP contribution in [0.4, 0.5) is 9.18 Å². The highest BCUT2D eigenvalue weighted by atomic mass is 19.1. The van der Waals surface area contributed by atoms with Crippen LogP contribution >= 0.6 is 0 Å². The van der Waals surface area contributed by atoms with Gasteiger partial charge in [-0.2, -0.15) is 0 Å². The maximum absolute atomic E-state index is 12.7. The number of benzene rings is 1. The number of urea groups is 1. The summed E-state index contributed by atoms with van der Waals surface area (Å²) < 4.78 is 12.7. The molecule has 0 radical (unpaired) electrons. The van der Waals surface area contributed by atoms with Gasteiger partial charge in [0.25, 0.3) is 0 Å². The second-order valence-electron chi connectivity index (χ2n) is 3.65. The molecule has 0 spiro atoms. The van der Waals surface area contributed by atoms with Crippen molar-refractivity contribution in [3.63, 3.8) is 0 Å². The van der Waals surface area contributed by atoms with Crippen LogP contribution < -0.4 is 5.32 Å². The number of hydrogen-bond acceptors (Lipinski definition) is 2. The molecule has 2 rings (SSSR count). The lowest BCUT2D eigenvalue weighted by atomic mass is 10.2. The molecule has 5 heteroatoms. The third kappa shape index (κ3) is 2.36. The highest BCUT2D eigenvalue weighted by Crippen LogP contribution is 2.09. The Morgan fingerprint density at radius 3 is 2.56 bits per heavy atom. The van der Waals surface area contributed by atoms with Crippen LogP contribution in [0, 0.1) is 5.82 Å². The van der Waals surface area contributed by atoms with Gasteiger partial charge >= 0.3 is 6.03 Å². The van der Waals surface area contributed by atoms with Gasteiger partial charge < -0.3 is 4.90 Å². The first kappa shape index (κ1) is 10.6. The zero-order valence-electron chi connectivity index (χ0n) is 8.57. The number of carbonyl (C=O) groups excluding carboxylic acids is 2. The van der Waals surface area contributed by atoms with Gasteiger partial charge in [-0.3, -0.25) is 10.1 Å². The summed E-state index contributed by atoms with van der Waals surface area (Å²) in [4.78, 5) is 23.8. The summed E-state index contributed by atoms with van der Waals surface area (Å²) in [5.74, 6) is -0.553. The van der Waals surface area contributed by atoms with Crippen LogP contribution in [0.15, 0.2) is 24.3 Å². The predicted molar refractivity (Wildman–Crippen MR) is 55.0 cm³/mol. The number of rotatable bonds is 2. The van der Waals surface area contributed by atoms with Gasteiger partial charge in [-0.25, -0.2) is 9.18 Å². The minimum Gasteiger partial charge on any atom is -0.320 e. The monoisotopic (exact) mass is 222 g/mol. The summed E-state index contributed by atoms with van der Waals surface area (Å²) in [5.41, 5.74) is 0.839. The van der Waals surface area contributed by atoms with Crippen LogP contribution in [0.2, 0.25) is 0 Å². The molecule has 0 aliphatic carbocycles. The molecule has 3 amide bonds.